The number of rotatable bonds is 10. The zero-order valence-corrected chi connectivity index (χ0v) is 23.8. The minimum absolute atomic E-state index is 0.149. The van der Waals surface area contributed by atoms with E-state index in [1.165, 1.54) is 38.4 Å². The third-order valence-corrected chi connectivity index (χ3v) is 7.09. The van der Waals surface area contributed by atoms with Crippen LogP contribution in [0.2, 0.25) is 6.43 Å². The summed E-state index contributed by atoms with van der Waals surface area (Å²) in [4.78, 5) is 59.4. The van der Waals surface area contributed by atoms with Crippen molar-refractivity contribution in [1.29, 1.82) is 0 Å². The van der Waals surface area contributed by atoms with Crippen molar-refractivity contribution in [3.8, 4) is 0 Å². The lowest BCUT2D eigenvalue weighted by Gasteiger charge is -2.33. The molecular formula is C32H31ClN4O5. The van der Waals surface area contributed by atoms with Crippen LogP contribution in [0.5, 0.6) is 0 Å². The average molecular weight is 589 g/mol. The van der Waals surface area contributed by atoms with E-state index < -0.39 is 48.7 Å². The molecule has 0 aliphatic heterocycles. The van der Waals surface area contributed by atoms with Gasteiger partial charge >= 0.3 is 5.97 Å². The number of aromatic nitrogens is 1. The van der Waals surface area contributed by atoms with Gasteiger partial charge in [-0.3, -0.25) is 24.3 Å². The number of halogens is 1. The molecule has 9 nitrogen and oxygen atoms in total. The van der Waals surface area contributed by atoms with Crippen molar-refractivity contribution in [2.75, 3.05) is 9.80 Å². The summed E-state index contributed by atoms with van der Waals surface area (Å²) in [6, 6.07) is 18.0. The second-order valence-electron chi connectivity index (χ2n) is 9.72. The first-order valence-corrected chi connectivity index (χ1v) is 13.5. The highest BCUT2D eigenvalue weighted by atomic mass is 35.5. The molecule has 1 heterocycles. The second-order valence-corrected chi connectivity index (χ2v) is 10.2. The van der Waals surface area contributed by atoms with Crippen LogP contribution in [0.25, 0.3) is 10.8 Å². The Balaban J connectivity index is 1.75. The number of hydrogen-bond donors (Lipinski definition) is 2. The molecule has 0 saturated heterocycles. The number of nitrogens with one attached hydrogen (secondary N) is 1. The summed E-state index contributed by atoms with van der Waals surface area (Å²) in [5.41, 5.74) is 1.09. The quantitative estimate of drug-likeness (QED) is 0.273. The van der Waals surface area contributed by atoms with Gasteiger partial charge in [0.1, 0.15) is 18.1 Å². The Kier molecular flexibility index (Phi) is 8.66. The Morgan fingerprint density at radius 3 is 2.29 bits per heavy atom. The van der Waals surface area contributed by atoms with Gasteiger partial charge in [0, 0.05) is 31.6 Å². The SMILES string of the molecule is [2H]CC(=O)N(c1ccc2ccccc2c1)[C@@H](C)C(=O)N([2H])[C@H](Cc1ccc(Cl)cc1)C(=O)N(c1cccnc1)[C@@H](C)C(=O)O. The van der Waals surface area contributed by atoms with Gasteiger partial charge in [0.15, 0.2) is 1.41 Å². The third kappa shape index (κ3) is 6.92. The lowest BCUT2D eigenvalue weighted by Crippen LogP contribution is -2.57. The van der Waals surface area contributed by atoms with E-state index in [-0.39, 0.29) is 12.1 Å². The number of carboxylic acids is 1. The number of carbonyl (C=O) groups excluding carboxylic acids is 3. The van der Waals surface area contributed by atoms with E-state index in [9.17, 15) is 24.3 Å². The highest BCUT2D eigenvalue weighted by Gasteiger charge is 2.35. The molecule has 3 amide bonds. The van der Waals surface area contributed by atoms with Crippen molar-refractivity contribution in [3.63, 3.8) is 0 Å². The summed E-state index contributed by atoms with van der Waals surface area (Å²) in [7, 11) is 0. The van der Waals surface area contributed by atoms with E-state index >= 15 is 0 Å². The summed E-state index contributed by atoms with van der Waals surface area (Å²) in [5, 5.41) is 12.5. The maximum absolute atomic E-state index is 14.2. The fourth-order valence-electron chi connectivity index (χ4n) is 4.62. The smallest absolute Gasteiger partial charge is 0.326 e. The lowest BCUT2D eigenvalue weighted by atomic mass is 10.0. The number of benzene rings is 3. The van der Waals surface area contributed by atoms with Crippen molar-refractivity contribution in [2.24, 2.45) is 0 Å². The lowest BCUT2D eigenvalue weighted by molar-refractivity contribution is -0.140. The molecule has 0 spiro atoms. The molecule has 0 saturated carbocycles. The van der Waals surface area contributed by atoms with Crippen LogP contribution in [0.3, 0.4) is 0 Å². The van der Waals surface area contributed by atoms with Gasteiger partial charge in [-0.1, -0.05) is 54.1 Å². The van der Waals surface area contributed by atoms with Gasteiger partial charge in [0.25, 0.3) is 5.91 Å². The number of hydrogen-bond acceptors (Lipinski definition) is 5. The van der Waals surface area contributed by atoms with Crippen molar-refractivity contribution in [2.45, 2.75) is 45.3 Å². The Labute approximate surface area is 251 Å². The zero-order valence-electron chi connectivity index (χ0n) is 25.1. The molecule has 1 aromatic heterocycles. The predicted molar refractivity (Wildman–Crippen MR) is 162 cm³/mol. The molecule has 0 fully saturated rings. The highest BCUT2D eigenvalue weighted by molar-refractivity contribution is 6.30. The Bertz CT molecular complexity index is 1660. The van der Waals surface area contributed by atoms with Gasteiger partial charge in [0.05, 0.1) is 11.9 Å². The minimum Gasteiger partial charge on any atom is -0.480 e. The van der Waals surface area contributed by atoms with Crippen LogP contribution in [0.4, 0.5) is 11.4 Å². The molecule has 0 radical (unpaired) electrons. The molecule has 3 aromatic carbocycles. The van der Waals surface area contributed by atoms with Gasteiger partial charge in [0.2, 0.25) is 11.8 Å². The number of amides is 3. The Hall–Kier alpha value is -4.76. The number of carboxylic acid groups (broad SMARTS) is 1. The van der Waals surface area contributed by atoms with Crippen molar-refractivity contribution < 1.29 is 27.1 Å². The maximum atomic E-state index is 14.2. The standard InChI is InChI=1S/C32H31ClN4O5/c1-20(36(22(3)38)27-15-12-24-7-4-5-8-25(24)18-27)30(39)35-29(17-23-10-13-26(33)14-11-23)31(40)37(21(2)32(41)42)28-9-6-16-34-19-28/h4-16,18-21,29H,17H2,1-3H3,(H,35,39)(H,41,42)/t20-,21-,29+/m0/s1/i3D/hD. The first-order valence-electron chi connectivity index (χ1n) is 14.3. The normalized spacial score (nSPS) is 13.7. The summed E-state index contributed by atoms with van der Waals surface area (Å²) in [6.45, 7) is 2.09. The molecule has 42 heavy (non-hydrogen) atoms. The number of carbonyl (C=O) groups is 4. The van der Waals surface area contributed by atoms with E-state index in [0.29, 0.717) is 21.6 Å². The molecule has 4 rings (SSSR count). The average Bonchev–Trinajstić information content (AvgIpc) is 3.04. The molecule has 4 aromatic rings. The molecule has 0 bridgehead atoms. The van der Waals surface area contributed by atoms with E-state index in [2.05, 4.69) is 4.98 Å². The number of nitrogens with zero attached hydrogens (tertiary/aromatic N) is 3. The topological polar surface area (TPSA) is 120 Å². The number of anilines is 2. The van der Waals surface area contributed by atoms with Gasteiger partial charge in [-0.15, -0.1) is 0 Å². The van der Waals surface area contributed by atoms with Crippen LogP contribution >= 0.6 is 11.6 Å². The van der Waals surface area contributed by atoms with E-state index in [0.717, 1.165) is 20.6 Å². The maximum Gasteiger partial charge on any atom is 0.326 e. The molecule has 216 valence electrons. The van der Waals surface area contributed by atoms with Gasteiger partial charge in [-0.25, -0.2) is 4.79 Å². The van der Waals surface area contributed by atoms with Crippen LogP contribution in [0.15, 0.2) is 91.3 Å². The van der Waals surface area contributed by atoms with Crippen LogP contribution in [0, 0.1) is 0 Å². The summed E-state index contributed by atoms with van der Waals surface area (Å²) in [6.07, 6.45) is 2.64. The van der Waals surface area contributed by atoms with Crippen molar-refractivity contribution >= 4 is 57.4 Å². The predicted octanol–water partition coefficient (Wildman–Crippen LogP) is 4.86. The van der Waals surface area contributed by atoms with E-state index in [1.807, 2.05) is 24.3 Å². The fourth-order valence-corrected chi connectivity index (χ4v) is 4.75. The summed E-state index contributed by atoms with van der Waals surface area (Å²) in [5.74, 6) is -3.71. The van der Waals surface area contributed by atoms with Crippen LogP contribution in [-0.2, 0) is 25.6 Å². The first kappa shape index (κ1) is 27.4. The van der Waals surface area contributed by atoms with Gasteiger partial charge in [-0.2, -0.15) is 0 Å². The largest absolute Gasteiger partial charge is 0.480 e. The number of pyridine rings is 1. The molecule has 2 N–H and O–H groups in total. The highest BCUT2D eigenvalue weighted by Crippen LogP contribution is 2.25. The monoisotopic (exact) mass is 588 g/mol. The fraction of sp³-hybridized carbons (Fsp3) is 0.219. The Morgan fingerprint density at radius 1 is 0.929 bits per heavy atom. The summed E-state index contributed by atoms with van der Waals surface area (Å²) < 4.78 is 16.7. The van der Waals surface area contributed by atoms with E-state index in [4.69, 9.17) is 14.4 Å². The zero-order chi connectivity index (χ0) is 32.0. The molecule has 10 heteroatoms. The van der Waals surface area contributed by atoms with Gasteiger partial charge in [-0.05, 0) is 66.6 Å². The molecule has 0 aliphatic carbocycles. The molecular weight excluding hydrogens is 556 g/mol. The van der Waals surface area contributed by atoms with Gasteiger partial charge < -0.3 is 15.3 Å². The molecule has 3 atom stereocenters. The first-order chi connectivity index (χ1) is 21.0. The van der Waals surface area contributed by atoms with Crippen molar-refractivity contribution in [1.82, 2.24) is 10.3 Å². The summed E-state index contributed by atoms with van der Waals surface area (Å²) >= 11 is 6.04. The van der Waals surface area contributed by atoms with Crippen LogP contribution < -0.4 is 15.1 Å². The molecule has 0 aliphatic rings. The third-order valence-electron chi connectivity index (χ3n) is 6.84. The molecule has 0 unspecified atom stereocenters. The second kappa shape index (κ2) is 13.3. The van der Waals surface area contributed by atoms with E-state index in [1.54, 1.807) is 42.5 Å². The minimum atomic E-state index is -1.50. The van der Waals surface area contributed by atoms with Crippen molar-refractivity contribution in [3.05, 3.63) is 102 Å². The number of aliphatic carboxylic acids is 1. The van der Waals surface area contributed by atoms with Crippen LogP contribution in [-0.4, -0.2) is 51.9 Å². The van der Waals surface area contributed by atoms with Crippen LogP contribution in [0.1, 0.15) is 27.7 Å². The Morgan fingerprint density at radius 2 is 1.64 bits per heavy atom. The number of fused-ring (bicyclic) bond motifs is 1.